The summed E-state index contributed by atoms with van der Waals surface area (Å²) in [6, 6.07) is 15.3. The second-order valence-electron chi connectivity index (χ2n) is 4.72. The number of ether oxygens (including phenoxy) is 1. The maximum atomic E-state index is 13.6. The van der Waals surface area contributed by atoms with E-state index < -0.39 is 5.82 Å². The van der Waals surface area contributed by atoms with E-state index in [1.807, 2.05) is 37.3 Å². The smallest absolute Gasteiger partial charge is 0.191 e. The van der Waals surface area contributed by atoms with Gasteiger partial charge in [-0.05, 0) is 31.2 Å². The first-order valence-corrected chi connectivity index (χ1v) is 7.08. The van der Waals surface area contributed by atoms with Crippen LogP contribution in [0.2, 0.25) is 0 Å². The summed E-state index contributed by atoms with van der Waals surface area (Å²) in [6.45, 7) is 2.37. The third-order valence-corrected chi connectivity index (χ3v) is 3.27. The molecule has 0 N–H and O–H groups in total. The molecule has 0 aliphatic heterocycles. The summed E-state index contributed by atoms with van der Waals surface area (Å²) in [7, 11) is 0. The lowest BCUT2D eigenvalue weighted by Gasteiger charge is -2.12. The molecule has 3 aromatic rings. The van der Waals surface area contributed by atoms with Gasteiger partial charge in [-0.2, -0.15) is 5.26 Å². The van der Waals surface area contributed by atoms with E-state index in [1.165, 1.54) is 16.8 Å². The summed E-state index contributed by atoms with van der Waals surface area (Å²) in [5.74, 6) is 0.222. The van der Waals surface area contributed by atoms with Crippen molar-refractivity contribution in [1.29, 1.82) is 5.26 Å². The monoisotopic (exact) mass is 308 g/mol. The zero-order valence-corrected chi connectivity index (χ0v) is 12.4. The Balaban J connectivity index is 2.23. The van der Waals surface area contributed by atoms with Gasteiger partial charge in [-0.3, -0.25) is 0 Å². The van der Waals surface area contributed by atoms with E-state index in [4.69, 9.17) is 4.74 Å². The van der Waals surface area contributed by atoms with Crippen molar-refractivity contribution >= 4 is 0 Å². The van der Waals surface area contributed by atoms with Crippen LogP contribution < -0.4 is 4.74 Å². The first-order chi connectivity index (χ1) is 11.2. The Kier molecular flexibility index (Phi) is 4.02. The highest BCUT2D eigenvalue weighted by atomic mass is 19.1. The summed E-state index contributed by atoms with van der Waals surface area (Å²) in [5, 5.41) is 17.2. The van der Waals surface area contributed by atoms with Gasteiger partial charge in [0.15, 0.2) is 5.69 Å². The minimum atomic E-state index is -0.391. The molecule has 0 saturated carbocycles. The van der Waals surface area contributed by atoms with Crippen LogP contribution in [0.1, 0.15) is 12.6 Å². The van der Waals surface area contributed by atoms with Gasteiger partial charge in [0.2, 0.25) is 0 Å². The fourth-order valence-corrected chi connectivity index (χ4v) is 2.33. The Morgan fingerprint density at radius 3 is 2.78 bits per heavy atom. The molecule has 0 fully saturated rings. The Hall–Kier alpha value is -3.20. The number of para-hydroxylation sites is 2. The molecule has 114 valence electrons. The van der Waals surface area contributed by atoms with Crippen LogP contribution in [-0.4, -0.2) is 21.6 Å². The van der Waals surface area contributed by atoms with E-state index in [0.717, 1.165) is 0 Å². The molecule has 0 amide bonds. The van der Waals surface area contributed by atoms with Crippen molar-refractivity contribution in [3.05, 3.63) is 60.0 Å². The van der Waals surface area contributed by atoms with E-state index in [-0.39, 0.29) is 5.69 Å². The zero-order chi connectivity index (χ0) is 16.2. The fraction of sp³-hybridized carbons (Fsp3) is 0.118. The SMILES string of the molecule is CCOc1ccccc1-n1nnc(C#N)c1-c1cccc(F)c1. The zero-order valence-electron chi connectivity index (χ0n) is 12.4. The van der Waals surface area contributed by atoms with Crippen molar-refractivity contribution in [3.63, 3.8) is 0 Å². The second kappa shape index (κ2) is 6.28. The molecule has 23 heavy (non-hydrogen) atoms. The Labute approximate surface area is 132 Å². The van der Waals surface area contributed by atoms with Crippen LogP contribution in [0.25, 0.3) is 16.9 Å². The predicted octanol–water partition coefficient (Wildman–Crippen LogP) is 3.34. The van der Waals surface area contributed by atoms with Crippen molar-refractivity contribution in [2.24, 2.45) is 0 Å². The third kappa shape index (κ3) is 2.77. The summed E-state index contributed by atoms with van der Waals surface area (Å²) in [4.78, 5) is 0. The first kappa shape index (κ1) is 14.7. The van der Waals surface area contributed by atoms with Crippen LogP contribution in [-0.2, 0) is 0 Å². The van der Waals surface area contributed by atoms with Gasteiger partial charge in [-0.15, -0.1) is 5.10 Å². The van der Waals surface area contributed by atoms with Gasteiger partial charge in [0.05, 0.1) is 6.61 Å². The van der Waals surface area contributed by atoms with Gasteiger partial charge in [-0.25, -0.2) is 9.07 Å². The van der Waals surface area contributed by atoms with Crippen LogP contribution >= 0.6 is 0 Å². The van der Waals surface area contributed by atoms with Gasteiger partial charge < -0.3 is 4.74 Å². The van der Waals surface area contributed by atoms with Crippen molar-refractivity contribution in [1.82, 2.24) is 15.0 Å². The number of rotatable bonds is 4. The van der Waals surface area contributed by atoms with E-state index in [1.54, 1.807) is 12.1 Å². The number of hydrogen-bond donors (Lipinski definition) is 0. The standard InChI is InChI=1S/C17H13FN4O/c1-2-23-16-9-4-3-8-15(16)22-17(14(11-19)20-21-22)12-6-5-7-13(18)10-12/h3-10H,2H2,1H3. The van der Waals surface area contributed by atoms with Crippen molar-refractivity contribution < 1.29 is 9.13 Å². The molecule has 1 aromatic heterocycles. The quantitative estimate of drug-likeness (QED) is 0.741. The fourth-order valence-electron chi connectivity index (χ4n) is 2.33. The molecule has 0 aliphatic rings. The van der Waals surface area contributed by atoms with Gasteiger partial charge in [0.25, 0.3) is 0 Å². The molecule has 0 aliphatic carbocycles. The molecule has 5 nitrogen and oxygen atoms in total. The van der Waals surface area contributed by atoms with Gasteiger partial charge >= 0.3 is 0 Å². The molecular formula is C17H13FN4O. The average molecular weight is 308 g/mol. The minimum absolute atomic E-state index is 0.127. The number of hydrogen-bond acceptors (Lipinski definition) is 4. The van der Waals surface area contributed by atoms with Gasteiger partial charge in [-0.1, -0.05) is 29.5 Å². The van der Waals surface area contributed by atoms with Crippen LogP contribution in [0.4, 0.5) is 4.39 Å². The molecule has 6 heteroatoms. The van der Waals surface area contributed by atoms with E-state index >= 15 is 0 Å². The van der Waals surface area contributed by atoms with Crippen LogP contribution in [0.3, 0.4) is 0 Å². The normalized spacial score (nSPS) is 10.3. The van der Waals surface area contributed by atoms with Crippen molar-refractivity contribution in [2.75, 3.05) is 6.61 Å². The molecule has 0 atom stereocenters. The lowest BCUT2D eigenvalue weighted by atomic mass is 10.1. The maximum Gasteiger partial charge on any atom is 0.191 e. The Bertz CT molecular complexity index is 882. The summed E-state index contributed by atoms with van der Waals surface area (Å²) in [6.07, 6.45) is 0. The lowest BCUT2D eigenvalue weighted by Crippen LogP contribution is -2.04. The molecular weight excluding hydrogens is 295 g/mol. The minimum Gasteiger partial charge on any atom is -0.492 e. The summed E-state index contributed by atoms with van der Waals surface area (Å²) < 4.78 is 20.7. The second-order valence-corrected chi connectivity index (χ2v) is 4.72. The van der Waals surface area contributed by atoms with Gasteiger partial charge in [0.1, 0.15) is 29.0 Å². The summed E-state index contributed by atoms with van der Waals surface area (Å²) in [5.41, 5.74) is 1.72. The van der Waals surface area contributed by atoms with Crippen molar-refractivity contribution in [3.8, 4) is 28.8 Å². The number of halogens is 1. The molecule has 0 unspecified atom stereocenters. The highest BCUT2D eigenvalue weighted by Gasteiger charge is 2.18. The first-order valence-electron chi connectivity index (χ1n) is 7.08. The highest BCUT2D eigenvalue weighted by Crippen LogP contribution is 2.29. The highest BCUT2D eigenvalue weighted by molar-refractivity contribution is 5.68. The number of benzene rings is 2. The largest absolute Gasteiger partial charge is 0.492 e. The molecule has 0 bridgehead atoms. The maximum absolute atomic E-state index is 13.6. The predicted molar refractivity (Wildman–Crippen MR) is 82.6 cm³/mol. The van der Waals surface area contributed by atoms with Crippen molar-refractivity contribution in [2.45, 2.75) is 6.92 Å². The third-order valence-electron chi connectivity index (χ3n) is 3.27. The molecule has 3 rings (SSSR count). The van der Waals surface area contributed by atoms with E-state index in [2.05, 4.69) is 10.3 Å². The van der Waals surface area contributed by atoms with E-state index in [0.29, 0.717) is 29.3 Å². The molecule has 0 radical (unpaired) electrons. The number of aromatic nitrogens is 3. The van der Waals surface area contributed by atoms with E-state index in [9.17, 15) is 9.65 Å². The Morgan fingerprint density at radius 1 is 1.22 bits per heavy atom. The molecule has 1 heterocycles. The van der Waals surface area contributed by atoms with Crippen LogP contribution in [0.5, 0.6) is 5.75 Å². The molecule has 0 saturated heterocycles. The average Bonchev–Trinajstić information content (AvgIpc) is 2.99. The molecule has 0 spiro atoms. The summed E-state index contributed by atoms with van der Waals surface area (Å²) >= 11 is 0. The topological polar surface area (TPSA) is 63.7 Å². The van der Waals surface area contributed by atoms with Crippen LogP contribution in [0.15, 0.2) is 48.5 Å². The number of nitrogens with zero attached hydrogens (tertiary/aromatic N) is 4. The van der Waals surface area contributed by atoms with Gasteiger partial charge in [0, 0.05) is 5.56 Å². The number of nitriles is 1. The lowest BCUT2D eigenvalue weighted by molar-refractivity contribution is 0.338. The Morgan fingerprint density at radius 2 is 2.04 bits per heavy atom. The van der Waals surface area contributed by atoms with Crippen LogP contribution in [0, 0.1) is 17.1 Å². The molecule has 2 aromatic carbocycles.